The summed E-state index contributed by atoms with van der Waals surface area (Å²) >= 11 is 0. The van der Waals surface area contributed by atoms with Crippen molar-refractivity contribution in [3.8, 4) is 0 Å². The predicted molar refractivity (Wildman–Crippen MR) is 73.8 cm³/mol. The Labute approximate surface area is 105 Å². The van der Waals surface area contributed by atoms with Crippen LogP contribution in [0.1, 0.15) is 52.8 Å². The normalized spacial score (nSPS) is 12.7. The van der Waals surface area contributed by atoms with Crippen molar-refractivity contribution in [1.29, 1.82) is 0 Å². The van der Waals surface area contributed by atoms with Gasteiger partial charge in [-0.05, 0) is 5.41 Å². The van der Waals surface area contributed by atoms with Crippen LogP contribution in [0.15, 0.2) is 6.33 Å². The van der Waals surface area contributed by atoms with Crippen molar-refractivity contribution >= 4 is 5.82 Å². The number of aromatic nitrogens is 2. The Balaban J connectivity index is 3.58. The second-order valence-corrected chi connectivity index (χ2v) is 6.82. The summed E-state index contributed by atoms with van der Waals surface area (Å²) in [6.45, 7) is 13.2. The van der Waals surface area contributed by atoms with Crippen LogP contribution in [0.25, 0.3) is 0 Å². The van der Waals surface area contributed by atoms with Crippen molar-refractivity contribution < 1.29 is 0 Å². The molecule has 1 aromatic rings. The van der Waals surface area contributed by atoms with E-state index in [4.69, 9.17) is 0 Å². The molecule has 0 bridgehead atoms. The van der Waals surface area contributed by atoms with E-state index in [1.54, 1.807) is 6.33 Å². The first-order valence-electron chi connectivity index (χ1n) is 6.08. The summed E-state index contributed by atoms with van der Waals surface area (Å²) in [7, 11) is 4.06. The Morgan fingerprint density at radius 2 is 1.41 bits per heavy atom. The molecule has 0 spiro atoms. The van der Waals surface area contributed by atoms with E-state index in [0.717, 1.165) is 11.5 Å². The molecule has 0 radical (unpaired) electrons. The molecule has 0 aliphatic carbocycles. The molecule has 0 amide bonds. The maximum absolute atomic E-state index is 4.52. The third-order valence-electron chi connectivity index (χ3n) is 2.71. The highest BCUT2D eigenvalue weighted by molar-refractivity contribution is 5.52. The SMILES string of the molecule is CN(C)c1ncnc(C(C)(C)C)c1C(C)(C)C. The molecule has 0 saturated carbocycles. The lowest BCUT2D eigenvalue weighted by Gasteiger charge is -2.31. The molecule has 0 aliphatic heterocycles. The number of hydrogen-bond donors (Lipinski definition) is 0. The van der Waals surface area contributed by atoms with E-state index in [1.807, 2.05) is 14.1 Å². The van der Waals surface area contributed by atoms with Gasteiger partial charge in [0, 0.05) is 25.1 Å². The van der Waals surface area contributed by atoms with E-state index in [0.29, 0.717) is 0 Å². The van der Waals surface area contributed by atoms with E-state index in [-0.39, 0.29) is 10.8 Å². The second kappa shape index (κ2) is 4.28. The van der Waals surface area contributed by atoms with Gasteiger partial charge in [-0.1, -0.05) is 41.5 Å². The van der Waals surface area contributed by atoms with Crippen LogP contribution in [0, 0.1) is 0 Å². The summed E-state index contributed by atoms with van der Waals surface area (Å²) in [6, 6.07) is 0. The number of nitrogens with zero attached hydrogens (tertiary/aromatic N) is 3. The van der Waals surface area contributed by atoms with E-state index in [2.05, 4.69) is 56.4 Å². The van der Waals surface area contributed by atoms with Crippen molar-refractivity contribution in [2.75, 3.05) is 19.0 Å². The molecule has 3 heteroatoms. The summed E-state index contributed by atoms with van der Waals surface area (Å²) in [5.74, 6) is 1.03. The smallest absolute Gasteiger partial charge is 0.135 e. The highest BCUT2D eigenvalue weighted by atomic mass is 15.1. The minimum absolute atomic E-state index is 0.0380. The first-order chi connectivity index (χ1) is 7.55. The van der Waals surface area contributed by atoms with Gasteiger partial charge in [0.25, 0.3) is 0 Å². The second-order valence-electron chi connectivity index (χ2n) is 6.82. The standard InChI is InChI=1S/C14H25N3/c1-13(2,3)10-11(14(4,5)6)15-9-16-12(10)17(7)8/h9H,1-8H3. The molecule has 17 heavy (non-hydrogen) atoms. The van der Waals surface area contributed by atoms with Crippen LogP contribution in [-0.2, 0) is 10.8 Å². The molecule has 0 unspecified atom stereocenters. The lowest BCUT2D eigenvalue weighted by atomic mass is 9.78. The van der Waals surface area contributed by atoms with Gasteiger partial charge < -0.3 is 4.90 Å². The van der Waals surface area contributed by atoms with Gasteiger partial charge in [-0.3, -0.25) is 0 Å². The molecule has 0 saturated heterocycles. The summed E-state index contributed by atoms with van der Waals surface area (Å²) in [5.41, 5.74) is 2.47. The monoisotopic (exact) mass is 235 g/mol. The maximum Gasteiger partial charge on any atom is 0.135 e. The van der Waals surface area contributed by atoms with Gasteiger partial charge in [-0.25, -0.2) is 9.97 Å². The highest BCUT2D eigenvalue weighted by Crippen LogP contribution is 2.36. The molecular formula is C14H25N3. The van der Waals surface area contributed by atoms with Crippen LogP contribution in [-0.4, -0.2) is 24.1 Å². The summed E-state index contributed by atoms with van der Waals surface area (Å²) in [6.07, 6.45) is 1.67. The maximum atomic E-state index is 4.52. The fourth-order valence-electron chi connectivity index (χ4n) is 1.97. The fraction of sp³-hybridized carbons (Fsp3) is 0.714. The molecule has 0 aromatic carbocycles. The molecule has 3 nitrogen and oxygen atoms in total. The van der Waals surface area contributed by atoms with Crippen LogP contribution < -0.4 is 4.90 Å². The molecule has 1 aromatic heterocycles. The zero-order valence-corrected chi connectivity index (χ0v) is 12.4. The molecule has 0 aliphatic rings. The summed E-state index contributed by atoms with van der Waals surface area (Å²) < 4.78 is 0. The molecule has 1 heterocycles. The van der Waals surface area contributed by atoms with Crippen molar-refractivity contribution in [3.05, 3.63) is 17.6 Å². The van der Waals surface area contributed by atoms with E-state index in [9.17, 15) is 0 Å². The summed E-state index contributed by atoms with van der Waals surface area (Å²) in [4.78, 5) is 11.0. The molecule has 0 N–H and O–H groups in total. The van der Waals surface area contributed by atoms with Crippen molar-refractivity contribution in [2.45, 2.75) is 52.4 Å². The van der Waals surface area contributed by atoms with E-state index >= 15 is 0 Å². The molecule has 96 valence electrons. The van der Waals surface area contributed by atoms with Crippen LogP contribution in [0.5, 0.6) is 0 Å². The average Bonchev–Trinajstić information content (AvgIpc) is 2.13. The van der Waals surface area contributed by atoms with Crippen LogP contribution >= 0.6 is 0 Å². The van der Waals surface area contributed by atoms with Crippen LogP contribution in [0.4, 0.5) is 5.82 Å². The van der Waals surface area contributed by atoms with Crippen molar-refractivity contribution in [2.24, 2.45) is 0 Å². The topological polar surface area (TPSA) is 29.0 Å². The first-order valence-corrected chi connectivity index (χ1v) is 6.08. The largest absolute Gasteiger partial charge is 0.362 e. The van der Waals surface area contributed by atoms with Gasteiger partial charge in [-0.15, -0.1) is 0 Å². The van der Waals surface area contributed by atoms with Crippen molar-refractivity contribution in [1.82, 2.24) is 9.97 Å². The zero-order chi connectivity index (χ0) is 13.4. The number of hydrogen-bond acceptors (Lipinski definition) is 3. The minimum atomic E-state index is 0.0380. The number of rotatable bonds is 1. The number of anilines is 1. The van der Waals surface area contributed by atoms with Crippen LogP contribution in [0.3, 0.4) is 0 Å². The Morgan fingerprint density at radius 1 is 0.882 bits per heavy atom. The molecular weight excluding hydrogens is 210 g/mol. The third-order valence-corrected chi connectivity index (χ3v) is 2.71. The van der Waals surface area contributed by atoms with Gasteiger partial charge in [0.15, 0.2) is 0 Å². The quantitative estimate of drug-likeness (QED) is 0.749. The highest BCUT2D eigenvalue weighted by Gasteiger charge is 2.30. The Hall–Kier alpha value is -1.12. The Bertz CT molecular complexity index is 395. The zero-order valence-electron chi connectivity index (χ0n) is 12.4. The Kier molecular flexibility index (Phi) is 3.51. The van der Waals surface area contributed by atoms with Crippen LogP contribution in [0.2, 0.25) is 0 Å². The molecule has 0 fully saturated rings. The first kappa shape index (κ1) is 13.9. The van der Waals surface area contributed by atoms with Gasteiger partial charge in [0.05, 0.1) is 5.69 Å². The van der Waals surface area contributed by atoms with Gasteiger partial charge in [0.2, 0.25) is 0 Å². The van der Waals surface area contributed by atoms with Crippen molar-refractivity contribution in [3.63, 3.8) is 0 Å². The Morgan fingerprint density at radius 3 is 1.76 bits per heavy atom. The van der Waals surface area contributed by atoms with Gasteiger partial charge >= 0.3 is 0 Å². The summed E-state index contributed by atoms with van der Waals surface area (Å²) in [5, 5.41) is 0. The minimum Gasteiger partial charge on any atom is -0.362 e. The predicted octanol–water partition coefficient (Wildman–Crippen LogP) is 3.14. The fourth-order valence-corrected chi connectivity index (χ4v) is 1.97. The third kappa shape index (κ3) is 2.96. The van der Waals surface area contributed by atoms with E-state index < -0.39 is 0 Å². The molecule has 1 rings (SSSR count). The average molecular weight is 235 g/mol. The lowest BCUT2D eigenvalue weighted by Crippen LogP contribution is -2.28. The lowest BCUT2D eigenvalue weighted by molar-refractivity contribution is 0.510. The van der Waals surface area contributed by atoms with E-state index in [1.165, 1.54) is 5.56 Å². The van der Waals surface area contributed by atoms with Gasteiger partial charge in [0.1, 0.15) is 12.1 Å². The molecule has 0 atom stereocenters. The van der Waals surface area contributed by atoms with Gasteiger partial charge in [-0.2, -0.15) is 0 Å².